The van der Waals surface area contributed by atoms with Crippen LogP contribution in [-0.2, 0) is 36.8 Å². The second kappa shape index (κ2) is 14.3. The van der Waals surface area contributed by atoms with Crippen molar-refractivity contribution in [2.75, 3.05) is 20.1 Å². The molecular weight excluding hydrogens is 478 g/mol. The number of aromatic hydroxyl groups is 1. The van der Waals surface area contributed by atoms with Gasteiger partial charge in [-0.1, -0.05) is 42.5 Å². The smallest absolute Gasteiger partial charge is 0.243 e. The fraction of sp³-hybridized carbons (Fsp3) is 0.346. The van der Waals surface area contributed by atoms with E-state index >= 15 is 0 Å². The summed E-state index contributed by atoms with van der Waals surface area (Å²) in [4.78, 5) is 62.0. The number of benzene rings is 2. The fourth-order valence-electron chi connectivity index (χ4n) is 3.46. The summed E-state index contributed by atoms with van der Waals surface area (Å²) in [7, 11) is 1.43. The van der Waals surface area contributed by atoms with E-state index in [2.05, 4.69) is 16.0 Å². The number of likely N-dealkylation sites (N-methyl/N-ethyl adjacent to an activating group) is 1. The van der Waals surface area contributed by atoms with Gasteiger partial charge in [-0.25, -0.2) is 0 Å². The third-order valence-electron chi connectivity index (χ3n) is 5.66. The molecule has 2 aromatic carbocycles. The number of hydrogen-bond donors (Lipinski definition) is 5. The van der Waals surface area contributed by atoms with Crippen molar-refractivity contribution < 1.29 is 29.1 Å². The molecule has 0 saturated carbocycles. The van der Waals surface area contributed by atoms with Gasteiger partial charge in [0.05, 0.1) is 19.1 Å². The Bertz CT molecular complexity index is 1080. The molecular formula is C26H32N5O6. The van der Waals surface area contributed by atoms with E-state index in [1.165, 1.54) is 31.0 Å². The van der Waals surface area contributed by atoms with Crippen molar-refractivity contribution in [1.29, 1.82) is 0 Å². The van der Waals surface area contributed by atoms with Gasteiger partial charge in [0.15, 0.2) is 0 Å². The molecule has 6 N–H and O–H groups in total. The highest BCUT2D eigenvalue weighted by molar-refractivity contribution is 5.93. The summed E-state index contributed by atoms with van der Waals surface area (Å²) >= 11 is 0. The van der Waals surface area contributed by atoms with Crippen molar-refractivity contribution in [2.45, 2.75) is 37.9 Å². The van der Waals surface area contributed by atoms with Crippen molar-refractivity contribution in [2.24, 2.45) is 5.73 Å². The van der Waals surface area contributed by atoms with E-state index < -0.39 is 48.3 Å². The Labute approximate surface area is 215 Å². The Morgan fingerprint density at radius 3 is 2.16 bits per heavy atom. The van der Waals surface area contributed by atoms with Crippen LogP contribution < -0.4 is 21.7 Å². The number of carbonyl (C=O) groups excluding carboxylic acids is 5. The Morgan fingerprint density at radius 1 is 0.919 bits per heavy atom. The number of phenols is 1. The van der Waals surface area contributed by atoms with E-state index in [0.29, 0.717) is 0 Å². The topological polar surface area (TPSA) is 171 Å². The molecule has 11 nitrogen and oxygen atoms in total. The molecule has 0 heterocycles. The molecule has 0 fully saturated rings. The number of amides is 4. The summed E-state index contributed by atoms with van der Waals surface area (Å²) < 4.78 is 0. The van der Waals surface area contributed by atoms with Gasteiger partial charge in [0, 0.05) is 13.5 Å². The molecule has 1 unspecified atom stereocenters. The summed E-state index contributed by atoms with van der Waals surface area (Å²) in [6, 6.07) is 12.5. The highest BCUT2D eigenvalue weighted by Gasteiger charge is 2.28. The monoisotopic (exact) mass is 510 g/mol. The van der Waals surface area contributed by atoms with Crippen LogP contribution in [0.15, 0.2) is 54.6 Å². The largest absolute Gasteiger partial charge is 0.508 e. The quantitative estimate of drug-likeness (QED) is 0.234. The van der Waals surface area contributed by atoms with Crippen LogP contribution in [0.4, 0.5) is 0 Å². The number of carbonyl (C=O) groups is 4. The second-order valence-corrected chi connectivity index (χ2v) is 8.50. The Kier molecular flexibility index (Phi) is 11.2. The number of rotatable bonds is 13. The normalized spacial score (nSPS) is 12.9. The van der Waals surface area contributed by atoms with Crippen molar-refractivity contribution in [3.05, 3.63) is 65.7 Å². The Hall–Kier alpha value is -4.25. The molecule has 37 heavy (non-hydrogen) atoms. The lowest BCUT2D eigenvalue weighted by molar-refractivity contribution is -0.139. The summed E-state index contributed by atoms with van der Waals surface area (Å²) in [6.45, 7) is 0.735. The minimum Gasteiger partial charge on any atom is -0.508 e. The van der Waals surface area contributed by atoms with Crippen LogP contribution >= 0.6 is 0 Å². The molecule has 0 bridgehead atoms. The van der Waals surface area contributed by atoms with Gasteiger partial charge in [-0.3, -0.25) is 24.0 Å². The lowest BCUT2D eigenvalue weighted by Gasteiger charge is -2.27. The van der Waals surface area contributed by atoms with Crippen LogP contribution in [-0.4, -0.2) is 78.2 Å². The van der Waals surface area contributed by atoms with E-state index in [-0.39, 0.29) is 25.1 Å². The van der Waals surface area contributed by atoms with Crippen LogP contribution in [0, 0.1) is 0 Å². The Balaban J connectivity index is 1.90. The van der Waals surface area contributed by atoms with Gasteiger partial charge in [-0.05, 0) is 36.6 Å². The van der Waals surface area contributed by atoms with Gasteiger partial charge in [0.25, 0.3) is 0 Å². The summed E-state index contributed by atoms with van der Waals surface area (Å²) in [6.07, 6.45) is 1.99. The zero-order valence-corrected chi connectivity index (χ0v) is 20.8. The molecule has 0 aliphatic rings. The zero-order chi connectivity index (χ0) is 27.4. The standard InChI is InChI=1S/C26H32N5O6/c1-17(30-25(36)21(27)14-19-8-10-20(33)11-9-19)24(35)29-16-23(34)31(2)22(26(37)28-12-13-32)15-18-6-4-3-5-7-18/h3-11,17,21-22,33H,12,14-16,27H2,1-2H3,(H,28,37)(H,29,35)(H,30,36)/t17-,21+,22?/m1/s1. The first-order chi connectivity index (χ1) is 17.6. The van der Waals surface area contributed by atoms with Crippen LogP contribution in [0.1, 0.15) is 18.1 Å². The maximum atomic E-state index is 12.8. The molecule has 0 saturated heterocycles. The van der Waals surface area contributed by atoms with Crippen LogP contribution in [0.25, 0.3) is 0 Å². The SMILES string of the molecule is C[C@@H](NC(=O)[C@@H](N)Cc1ccc(O)cc1)C(=O)NCC(=O)N(C)C(Cc1ccccc1)C(=O)NC[C]=O. The van der Waals surface area contributed by atoms with Gasteiger partial charge in [0.1, 0.15) is 17.8 Å². The molecule has 2 aromatic rings. The molecule has 4 amide bonds. The number of hydrogen-bond acceptors (Lipinski definition) is 7. The zero-order valence-electron chi connectivity index (χ0n) is 20.8. The van der Waals surface area contributed by atoms with E-state index in [4.69, 9.17) is 5.73 Å². The fourth-order valence-corrected chi connectivity index (χ4v) is 3.46. The number of phenolic OH excluding ortho intramolecular Hbond substituents is 1. The first kappa shape index (κ1) is 29.0. The van der Waals surface area contributed by atoms with E-state index in [1.54, 1.807) is 30.6 Å². The van der Waals surface area contributed by atoms with Gasteiger partial charge in [-0.15, -0.1) is 0 Å². The van der Waals surface area contributed by atoms with E-state index in [0.717, 1.165) is 11.1 Å². The molecule has 2 rings (SSSR count). The van der Waals surface area contributed by atoms with Crippen LogP contribution in [0.2, 0.25) is 0 Å². The summed E-state index contributed by atoms with van der Waals surface area (Å²) in [5, 5.41) is 16.7. The average Bonchev–Trinajstić information content (AvgIpc) is 2.90. The molecule has 11 heteroatoms. The predicted molar refractivity (Wildman–Crippen MR) is 136 cm³/mol. The van der Waals surface area contributed by atoms with Gasteiger partial charge < -0.3 is 31.7 Å². The van der Waals surface area contributed by atoms with Gasteiger partial charge >= 0.3 is 0 Å². The maximum absolute atomic E-state index is 12.8. The summed E-state index contributed by atoms with van der Waals surface area (Å²) in [5.74, 6) is -2.13. The lowest BCUT2D eigenvalue weighted by Crippen LogP contribution is -2.54. The molecule has 0 spiro atoms. The molecule has 0 aliphatic heterocycles. The van der Waals surface area contributed by atoms with E-state index in [1.807, 2.05) is 18.2 Å². The first-order valence-electron chi connectivity index (χ1n) is 11.7. The average molecular weight is 511 g/mol. The number of nitrogens with two attached hydrogens (primary N) is 1. The van der Waals surface area contributed by atoms with Crippen LogP contribution in [0.5, 0.6) is 5.75 Å². The van der Waals surface area contributed by atoms with Crippen LogP contribution in [0.3, 0.4) is 0 Å². The van der Waals surface area contributed by atoms with E-state index in [9.17, 15) is 29.1 Å². The Morgan fingerprint density at radius 2 is 1.54 bits per heavy atom. The van der Waals surface area contributed by atoms with Gasteiger partial charge in [-0.2, -0.15) is 0 Å². The predicted octanol–water partition coefficient (Wildman–Crippen LogP) is -0.821. The minimum atomic E-state index is -0.969. The third kappa shape index (κ3) is 9.37. The van der Waals surface area contributed by atoms with Crippen molar-refractivity contribution in [3.8, 4) is 5.75 Å². The third-order valence-corrected chi connectivity index (χ3v) is 5.66. The first-order valence-corrected chi connectivity index (χ1v) is 11.7. The van der Waals surface area contributed by atoms with Crippen molar-refractivity contribution in [3.63, 3.8) is 0 Å². The number of nitrogens with zero attached hydrogens (tertiary/aromatic N) is 1. The number of nitrogens with one attached hydrogen (secondary N) is 3. The molecule has 1 radical (unpaired) electrons. The molecule has 197 valence electrons. The van der Waals surface area contributed by atoms with Gasteiger partial charge in [0.2, 0.25) is 29.9 Å². The molecule has 0 aliphatic carbocycles. The minimum absolute atomic E-state index is 0.0961. The second-order valence-electron chi connectivity index (χ2n) is 8.50. The summed E-state index contributed by atoms with van der Waals surface area (Å²) in [5.41, 5.74) is 7.48. The van der Waals surface area contributed by atoms with Crippen molar-refractivity contribution >= 4 is 29.9 Å². The highest BCUT2D eigenvalue weighted by Crippen LogP contribution is 2.11. The highest BCUT2D eigenvalue weighted by atomic mass is 16.3. The lowest BCUT2D eigenvalue weighted by atomic mass is 10.0. The van der Waals surface area contributed by atoms with Crippen molar-refractivity contribution in [1.82, 2.24) is 20.9 Å². The molecule has 3 atom stereocenters. The maximum Gasteiger partial charge on any atom is 0.243 e. The molecule has 0 aromatic heterocycles.